The molecule has 0 fully saturated rings. The maximum atomic E-state index is 12.6. The second-order valence-electron chi connectivity index (χ2n) is 7.01. The lowest BCUT2D eigenvalue weighted by atomic mass is 10.0. The van der Waals surface area contributed by atoms with Crippen molar-refractivity contribution < 1.29 is 14.0 Å². The fourth-order valence-corrected chi connectivity index (χ4v) is 3.12. The number of amides is 2. The highest BCUT2D eigenvalue weighted by molar-refractivity contribution is 6.05. The Labute approximate surface area is 158 Å². The van der Waals surface area contributed by atoms with Crippen molar-refractivity contribution in [3.63, 3.8) is 0 Å². The van der Waals surface area contributed by atoms with Crippen LogP contribution in [0.4, 0.5) is 0 Å². The smallest absolute Gasteiger partial charge is 0.252 e. The lowest BCUT2D eigenvalue weighted by molar-refractivity contribution is 0.0904. The molecule has 1 atom stereocenters. The first-order valence-corrected chi connectivity index (χ1v) is 9.15. The molecule has 5 nitrogen and oxygen atoms in total. The molecule has 0 spiro atoms. The van der Waals surface area contributed by atoms with E-state index in [1.54, 1.807) is 36.6 Å². The number of hydrogen-bond donors (Lipinski definition) is 2. The molecule has 2 aromatic carbocycles. The van der Waals surface area contributed by atoms with Gasteiger partial charge in [-0.2, -0.15) is 0 Å². The summed E-state index contributed by atoms with van der Waals surface area (Å²) in [6.07, 6.45) is 2.35. The Morgan fingerprint density at radius 1 is 0.963 bits per heavy atom. The monoisotopic (exact) mass is 364 g/mol. The highest BCUT2D eigenvalue weighted by Crippen LogP contribution is 2.19. The molecule has 0 radical (unpaired) electrons. The minimum atomic E-state index is -0.176. The van der Waals surface area contributed by atoms with E-state index < -0.39 is 0 Å². The van der Waals surface area contributed by atoms with Crippen LogP contribution in [0.1, 0.15) is 41.0 Å². The van der Waals surface area contributed by atoms with E-state index in [4.69, 9.17) is 4.42 Å². The number of nitrogens with one attached hydrogen (secondary N) is 2. The third-order valence-electron chi connectivity index (χ3n) is 4.38. The fourth-order valence-electron chi connectivity index (χ4n) is 3.12. The zero-order valence-corrected chi connectivity index (χ0v) is 15.6. The van der Waals surface area contributed by atoms with Crippen LogP contribution >= 0.6 is 0 Å². The molecule has 0 bridgehead atoms. The van der Waals surface area contributed by atoms with Crippen LogP contribution in [0.2, 0.25) is 0 Å². The van der Waals surface area contributed by atoms with Crippen molar-refractivity contribution in [2.24, 2.45) is 5.92 Å². The molecule has 5 heteroatoms. The summed E-state index contributed by atoms with van der Waals surface area (Å²) in [6.45, 7) is 4.55. The van der Waals surface area contributed by atoms with Crippen LogP contribution in [-0.4, -0.2) is 24.4 Å². The molecule has 1 heterocycles. The van der Waals surface area contributed by atoms with Gasteiger partial charge in [-0.3, -0.25) is 9.59 Å². The number of fused-ring (bicyclic) bond motifs is 1. The number of furan rings is 1. The number of rotatable bonds is 7. The van der Waals surface area contributed by atoms with Gasteiger partial charge in [-0.05, 0) is 42.7 Å². The zero-order valence-electron chi connectivity index (χ0n) is 15.6. The Morgan fingerprint density at radius 2 is 1.74 bits per heavy atom. The average molecular weight is 364 g/mol. The molecule has 0 unspecified atom stereocenters. The molecule has 27 heavy (non-hydrogen) atoms. The quantitative estimate of drug-likeness (QED) is 0.665. The largest absolute Gasteiger partial charge is 0.464 e. The van der Waals surface area contributed by atoms with Gasteiger partial charge in [0.25, 0.3) is 11.8 Å². The van der Waals surface area contributed by atoms with E-state index in [-0.39, 0.29) is 17.9 Å². The average Bonchev–Trinajstić information content (AvgIpc) is 3.15. The van der Waals surface area contributed by atoms with Crippen molar-refractivity contribution in [1.29, 1.82) is 0 Å². The Bertz CT molecular complexity index is 915. The van der Waals surface area contributed by atoms with Crippen molar-refractivity contribution in [1.82, 2.24) is 10.6 Å². The normalized spacial score (nSPS) is 12.1. The zero-order chi connectivity index (χ0) is 19.2. The van der Waals surface area contributed by atoms with E-state index in [2.05, 4.69) is 24.5 Å². The first kappa shape index (κ1) is 18.7. The van der Waals surface area contributed by atoms with Gasteiger partial charge in [0.05, 0.1) is 11.8 Å². The number of benzene rings is 2. The molecule has 0 saturated heterocycles. The van der Waals surface area contributed by atoms with Gasteiger partial charge in [0.15, 0.2) is 0 Å². The SMILES string of the molecule is CC(C)C[C@@H](CNC(=O)c1cccc2occc12)NC(=O)c1ccccc1. The lowest BCUT2D eigenvalue weighted by Crippen LogP contribution is -2.44. The molecule has 0 saturated carbocycles. The summed E-state index contributed by atoms with van der Waals surface area (Å²) in [5.74, 6) is 0.0810. The summed E-state index contributed by atoms with van der Waals surface area (Å²) in [5, 5.41) is 6.76. The maximum Gasteiger partial charge on any atom is 0.252 e. The van der Waals surface area contributed by atoms with Crippen LogP contribution in [0.25, 0.3) is 11.0 Å². The van der Waals surface area contributed by atoms with E-state index in [0.717, 1.165) is 11.8 Å². The molecule has 3 aromatic rings. The third kappa shape index (κ3) is 4.76. The minimum Gasteiger partial charge on any atom is -0.464 e. The summed E-state index contributed by atoms with van der Waals surface area (Å²) >= 11 is 0. The van der Waals surface area contributed by atoms with Crippen LogP contribution in [0.15, 0.2) is 65.3 Å². The highest BCUT2D eigenvalue weighted by Gasteiger charge is 2.18. The Kier molecular flexibility index (Phi) is 5.91. The fraction of sp³-hybridized carbons (Fsp3) is 0.273. The summed E-state index contributed by atoms with van der Waals surface area (Å²) in [5.41, 5.74) is 1.86. The van der Waals surface area contributed by atoms with Crippen LogP contribution < -0.4 is 10.6 Å². The second-order valence-corrected chi connectivity index (χ2v) is 7.01. The van der Waals surface area contributed by atoms with Crippen LogP contribution in [0, 0.1) is 5.92 Å². The number of carbonyl (C=O) groups is 2. The van der Waals surface area contributed by atoms with Gasteiger partial charge in [-0.15, -0.1) is 0 Å². The Balaban J connectivity index is 1.66. The van der Waals surface area contributed by atoms with Crippen LogP contribution in [0.3, 0.4) is 0 Å². The standard InChI is InChI=1S/C22H24N2O3/c1-15(2)13-17(24-21(25)16-7-4-3-5-8-16)14-23-22(26)19-9-6-10-20-18(19)11-12-27-20/h3-12,15,17H,13-14H2,1-2H3,(H,23,26)(H,24,25)/t17-/m0/s1. The molecule has 1 aromatic heterocycles. The molecule has 0 aliphatic rings. The first-order chi connectivity index (χ1) is 13.0. The summed E-state index contributed by atoms with van der Waals surface area (Å²) in [4.78, 5) is 25.1. The molecule has 140 valence electrons. The van der Waals surface area contributed by atoms with Crippen LogP contribution in [0.5, 0.6) is 0 Å². The van der Waals surface area contributed by atoms with Crippen molar-refractivity contribution in [3.05, 3.63) is 72.0 Å². The van der Waals surface area contributed by atoms with E-state index in [9.17, 15) is 9.59 Å². The van der Waals surface area contributed by atoms with Gasteiger partial charge in [0, 0.05) is 23.5 Å². The van der Waals surface area contributed by atoms with Crippen molar-refractivity contribution in [2.75, 3.05) is 6.54 Å². The Morgan fingerprint density at radius 3 is 2.48 bits per heavy atom. The molecule has 2 N–H and O–H groups in total. The molecule has 0 aliphatic heterocycles. The number of hydrogen-bond acceptors (Lipinski definition) is 3. The maximum absolute atomic E-state index is 12.6. The van der Waals surface area contributed by atoms with Gasteiger partial charge < -0.3 is 15.1 Å². The van der Waals surface area contributed by atoms with Gasteiger partial charge in [0.1, 0.15) is 5.58 Å². The van der Waals surface area contributed by atoms with E-state index in [1.165, 1.54) is 0 Å². The van der Waals surface area contributed by atoms with E-state index >= 15 is 0 Å². The second kappa shape index (κ2) is 8.54. The van der Waals surface area contributed by atoms with Gasteiger partial charge in [-0.25, -0.2) is 0 Å². The van der Waals surface area contributed by atoms with Gasteiger partial charge in [0.2, 0.25) is 0 Å². The van der Waals surface area contributed by atoms with E-state index in [0.29, 0.717) is 29.2 Å². The summed E-state index contributed by atoms with van der Waals surface area (Å²) in [7, 11) is 0. The number of carbonyl (C=O) groups excluding carboxylic acids is 2. The van der Waals surface area contributed by atoms with E-state index in [1.807, 2.05) is 24.3 Å². The van der Waals surface area contributed by atoms with Crippen LogP contribution in [-0.2, 0) is 0 Å². The summed E-state index contributed by atoms with van der Waals surface area (Å²) < 4.78 is 5.35. The molecule has 3 rings (SSSR count). The minimum absolute atomic E-state index is 0.132. The summed E-state index contributed by atoms with van der Waals surface area (Å²) in [6, 6.07) is 16.1. The Hall–Kier alpha value is -3.08. The van der Waals surface area contributed by atoms with Gasteiger partial charge in [-0.1, -0.05) is 38.1 Å². The first-order valence-electron chi connectivity index (χ1n) is 9.15. The third-order valence-corrected chi connectivity index (χ3v) is 4.38. The van der Waals surface area contributed by atoms with Crippen molar-refractivity contribution in [2.45, 2.75) is 26.3 Å². The lowest BCUT2D eigenvalue weighted by Gasteiger charge is -2.21. The molecular weight excluding hydrogens is 340 g/mol. The molecule has 0 aliphatic carbocycles. The predicted octanol–water partition coefficient (Wildman–Crippen LogP) is 4.01. The topological polar surface area (TPSA) is 71.3 Å². The predicted molar refractivity (Wildman–Crippen MR) is 106 cm³/mol. The van der Waals surface area contributed by atoms with Crippen molar-refractivity contribution in [3.8, 4) is 0 Å². The highest BCUT2D eigenvalue weighted by atomic mass is 16.3. The molecular formula is C22H24N2O3. The van der Waals surface area contributed by atoms with Gasteiger partial charge >= 0.3 is 0 Å². The molecule has 2 amide bonds. The van der Waals surface area contributed by atoms with Crippen molar-refractivity contribution >= 4 is 22.8 Å².